The van der Waals surface area contributed by atoms with Crippen LogP contribution >= 0.6 is 0 Å². The van der Waals surface area contributed by atoms with Gasteiger partial charge in [0.25, 0.3) is 0 Å². The number of nitrogens with zero attached hydrogens (tertiary/aromatic N) is 2. The maximum atomic E-state index is 5.20. The molecule has 2 saturated heterocycles. The number of hydrogen-bond acceptors (Lipinski definition) is 4. The Labute approximate surface area is 108 Å². The van der Waals surface area contributed by atoms with Crippen LogP contribution in [-0.2, 0) is 0 Å². The fourth-order valence-electron chi connectivity index (χ4n) is 3.19. The number of aromatic nitrogens is 1. The summed E-state index contributed by atoms with van der Waals surface area (Å²) >= 11 is 0. The summed E-state index contributed by atoms with van der Waals surface area (Å²) < 4.78 is 5.20. The molecule has 98 valence electrons. The van der Waals surface area contributed by atoms with Gasteiger partial charge in [0, 0.05) is 37.1 Å². The molecule has 0 bridgehead atoms. The van der Waals surface area contributed by atoms with Crippen LogP contribution in [0.3, 0.4) is 0 Å². The topological polar surface area (TPSA) is 37.4 Å². The summed E-state index contributed by atoms with van der Waals surface area (Å²) in [6.07, 6.45) is 5.75. The zero-order valence-corrected chi connectivity index (χ0v) is 10.9. The third-order valence-corrected chi connectivity index (χ3v) is 4.18. The van der Waals surface area contributed by atoms with Crippen molar-refractivity contribution in [3.8, 4) is 5.88 Å². The molecule has 0 aromatic carbocycles. The van der Waals surface area contributed by atoms with Crippen molar-refractivity contribution in [1.82, 2.24) is 10.3 Å². The van der Waals surface area contributed by atoms with Gasteiger partial charge in [-0.25, -0.2) is 4.98 Å². The summed E-state index contributed by atoms with van der Waals surface area (Å²) in [5.74, 6) is 1.50. The van der Waals surface area contributed by atoms with Gasteiger partial charge in [0.1, 0.15) is 0 Å². The first-order valence-corrected chi connectivity index (χ1v) is 6.85. The van der Waals surface area contributed by atoms with E-state index in [4.69, 9.17) is 4.74 Å². The van der Waals surface area contributed by atoms with Crippen LogP contribution in [0.4, 0.5) is 5.69 Å². The van der Waals surface area contributed by atoms with Crippen molar-refractivity contribution in [2.24, 2.45) is 5.92 Å². The van der Waals surface area contributed by atoms with Gasteiger partial charge >= 0.3 is 0 Å². The van der Waals surface area contributed by atoms with E-state index in [1.165, 1.54) is 31.5 Å². The Morgan fingerprint density at radius 3 is 3.28 bits per heavy atom. The van der Waals surface area contributed by atoms with Crippen LogP contribution in [-0.4, -0.2) is 37.8 Å². The van der Waals surface area contributed by atoms with Crippen molar-refractivity contribution in [2.75, 3.05) is 31.6 Å². The first-order chi connectivity index (χ1) is 8.86. The summed E-state index contributed by atoms with van der Waals surface area (Å²) in [5.41, 5.74) is 1.24. The van der Waals surface area contributed by atoms with E-state index in [1.807, 2.05) is 12.3 Å². The lowest BCUT2D eigenvalue weighted by atomic mass is 9.85. The molecule has 1 aromatic heterocycles. The van der Waals surface area contributed by atoms with Gasteiger partial charge in [0.2, 0.25) is 5.88 Å². The maximum absolute atomic E-state index is 5.20. The molecule has 1 aromatic rings. The van der Waals surface area contributed by atoms with Crippen LogP contribution < -0.4 is 15.0 Å². The number of nitrogens with one attached hydrogen (secondary N) is 1. The molecule has 0 amide bonds. The normalized spacial score (nSPS) is 27.7. The minimum absolute atomic E-state index is 0.705. The second-order valence-corrected chi connectivity index (χ2v) is 5.25. The maximum Gasteiger partial charge on any atom is 0.214 e. The van der Waals surface area contributed by atoms with Gasteiger partial charge in [0.15, 0.2) is 0 Å². The third kappa shape index (κ3) is 2.29. The number of hydrogen-bond donors (Lipinski definition) is 1. The van der Waals surface area contributed by atoms with Crippen LogP contribution in [0.1, 0.15) is 19.3 Å². The molecule has 2 atom stereocenters. The zero-order chi connectivity index (χ0) is 12.4. The zero-order valence-electron chi connectivity index (χ0n) is 10.9. The van der Waals surface area contributed by atoms with Gasteiger partial charge in [-0.2, -0.15) is 0 Å². The van der Waals surface area contributed by atoms with E-state index < -0.39 is 0 Å². The van der Waals surface area contributed by atoms with Gasteiger partial charge in [-0.1, -0.05) is 0 Å². The molecular weight excluding hydrogens is 226 g/mol. The van der Waals surface area contributed by atoms with Crippen molar-refractivity contribution in [1.29, 1.82) is 0 Å². The van der Waals surface area contributed by atoms with E-state index >= 15 is 0 Å². The Morgan fingerprint density at radius 2 is 2.39 bits per heavy atom. The predicted octanol–water partition coefficient (Wildman–Crippen LogP) is 1.67. The fourth-order valence-corrected chi connectivity index (χ4v) is 3.19. The molecule has 3 rings (SSSR count). The number of fused-ring (bicyclic) bond motifs is 1. The Hall–Kier alpha value is -1.29. The molecule has 1 N–H and O–H groups in total. The SMILES string of the molecule is COc1cc(N2CCC3NCCCC3C2)ccn1. The highest BCUT2D eigenvalue weighted by atomic mass is 16.5. The Balaban J connectivity index is 1.72. The lowest BCUT2D eigenvalue weighted by molar-refractivity contribution is 0.244. The molecule has 0 aliphatic carbocycles. The Bertz CT molecular complexity index is 410. The number of anilines is 1. The molecule has 3 heterocycles. The molecular formula is C14H21N3O. The Morgan fingerprint density at radius 1 is 1.44 bits per heavy atom. The van der Waals surface area contributed by atoms with E-state index in [2.05, 4.69) is 21.3 Å². The minimum Gasteiger partial charge on any atom is -0.481 e. The summed E-state index contributed by atoms with van der Waals surface area (Å²) in [6.45, 7) is 3.48. The molecule has 4 nitrogen and oxygen atoms in total. The molecule has 4 heteroatoms. The van der Waals surface area contributed by atoms with Crippen molar-refractivity contribution in [2.45, 2.75) is 25.3 Å². The van der Waals surface area contributed by atoms with E-state index in [0.717, 1.165) is 25.0 Å². The second kappa shape index (κ2) is 5.14. The average Bonchev–Trinajstić information content (AvgIpc) is 2.47. The summed E-state index contributed by atoms with van der Waals surface area (Å²) in [6, 6.07) is 4.86. The van der Waals surface area contributed by atoms with Crippen LogP contribution in [0.5, 0.6) is 5.88 Å². The molecule has 2 aliphatic rings. The van der Waals surface area contributed by atoms with Crippen LogP contribution in [0.2, 0.25) is 0 Å². The van der Waals surface area contributed by atoms with E-state index in [-0.39, 0.29) is 0 Å². The lowest BCUT2D eigenvalue weighted by Crippen LogP contribution is -2.52. The second-order valence-electron chi connectivity index (χ2n) is 5.25. The molecule has 0 radical (unpaired) electrons. The number of rotatable bonds is 2. The highest BCUT2D eigenvalue weighted by Crippen LogP contribution is 2.29. The van der Waals surface area contributed by atoms with Gasteiger partial charge < -0.3 is 15.0 Å². The Kier molecular flexibility index (Phi) is 3.37. The smallest absolute Gasteiger partial charge is 0.214 e. The first kappa shape index (κ1) is 11.8. The number of pyridine rings is 1. The number of ether oxygens (including phenoxy) is 1. The third-order valence-electron chi connectivity index (χ3n) is 4.18. The molecule has 0 spiro atoms. The van der Waals surface area contributed by atoms with Gasteiger partial charge in [-0.05, 0) is 37.8 Å². The van der Waals surface area contributed by atoms with Crippen molar-refractivity contribution in [3.05, 3.63) is 18.3 Å². The van der Waals surface area contributed by atoms with E-state index in [0.29, 0.717) is 5.88 Å². The summed E-state index contributed by atoms with van der Waals surface area (Å²) in [5, 5.41) is 3.65. The predicted molar refractivity (Wildman–Crippen MR) is 72.1 cm³/mol. The highest BCUT2D eigenvalue weighted by Gasteiger charge is 2.31. The van der Waals surface area contributed by atoms with Gasteiger partial charge in [-0.15, -0.1) is 0 Å². The fraction of sp³-hybridized carbons (Fsp3) is 0.643. The van der Waals surface area contributed by atoms with Crippen molar-refractivity contribution < 1.29 is 4.74 Å². The number of methoxy groups -OCH3 is 1. The van der Waals surface area contributed by atoms with E-state index in [1.54, 1.807) is 7.11 Å². The molecule has 18 heavy (non-hydrogen) atoms. The molecule has 2 aliphatic heterocycles. The minimum atomic E-state index is 0.705. The summed E-state index contributed by atoms with van der Waals surface area (Å²) in [4.78, 5) is 6.64. The average molecular weight is 247 g/mol. The van der Waals surface area contributed by atoms with Crippen LogP contribution in [0, 0.1) is 5.92 Å². The van der Waals surface area contributed by atoms with Gasteiger partial charge in [-0.3, -0.25) is 0 Å². The monoisotopic (exact) mass is 247 g/mol. The lowest BCUT2D eigenvalue weighted by Gasteiger charge is -2.42. The van der Waals surface area contributed by atoms with Crippen molar-refractivity contribution >= 4 is 5.69 Å². The van der Waals surface area contributed by atoms with Crippen LogP contribution in [0.15, 0.2) is 18.3 Å². The van der Waals surface area contributed by atoms with Gasteiger partial charge in [0.05, 0.1) is 7.11 Å². The first-order valence-electron chi connectivity index (χ1n) is 6.85. The molecule has 2 fully saturated rings. The summed E-state index contributed by atoms with van der Waals surface area (Å²) in [7, 11) is 1.67. The molecule has 2 unspecified atom stereocenters. The highest BCUT2D eigenvalue weighted by molar-refractivity contribution is 5.48. The van der Waals surface area contributed by atoms with Crippen LogP contribution in [0.25, 0.3) is 0 Å². The quantitative estimate of drug-likeness (QED) is 0.862. The van der Waals surface area contributed by atoms with Crippen molar-refractivity contribution in [3.63, 3.8) is 0 Å². The largest absolute Gasteiger partial charge is 0.481 e. The number of piperidine rings is 2. The van der Waals surface area contributed by atoms with E-state index in [9.17, 15) is 0 Å². The standard InChI is InChI=1S/C14H21N3O/c1-18-14-9-12(4-7-16-14)17-8-5-13-11(10-17)3-2-6-15-13/h4,7,9,11,13,15H,2-3,5-6,8,10H2,1H3. The molecule has 0 saturated carbocycles.